The molecule has 0 aromatic heterocycles. The van der Waals surface area contributed by atoms with E-state index < -0.39 is 0 Å². The normalized spacial score (nSPS) is 10.6. The van der Waals surface area contributed by atoms with Crippen LogP contribution in [-0.2, 0) is 10.6 Å². The Balaban J connectivity index is 2.83. The van der Waals surface area contributed by atoms with E-state index in [1.165, 1.54) is 6.07 Å². The zero-order chi connectivity index (χ0) is 12.7. The molecule has 1 aromatic carbocycles. The summed E-state index contributed by atoms with van der Waals surface area (Å²) in [6.45, 7) is 6.89. The topological polar surface area (TPSA) is 12.5 Å². The summed E-state index contributed by atoms with van der Waals surface area (Å²) < 4.78 is 18.9. The monoisotopic (exact) mass is 259 g/mol. The SMILES string of the molecule is CCOCCN(CC)c1cccc(F)c1CCl. The third kappa shape index (κ3) is 3.86. The first-order valence-electron chi connectivity index (χ1n) is 5.90. The first-order valence-corrected chi connectivity index (χ1v) is 6.44. The number of rotatable bonds is 7. The number of likely N-dealkylation sites (N-methyl/N-ethyl adjacent to an activating group) is 1. The van der Waals surface area contributed by atoms with Crippen LogP contribution in [0.25, 0.3) is 0 Å². The zero-order valence-electron chi connectivity index (χ0n) is 10.4. The molecule has 0 saturated heterocycles. The fourth-order valence-corrected chi connectivity index (χ4v) is 2.01. The number of anilines is 1. The summed E-state index contributed by atoms with van der Waals surface area (Å²) in [5, 5.41) is 0. The van der Waals surface area contributed by atoms with E-state index >= 15 is 0 Å². The van der Waals surface area contributed by atoms with Gasteiger partial charge in [-0.1, -0.05) is 6.07 Å². The molecule has 0 heterocycles. The highest BCUT2D eigenvalue weighted by Gasteiger charge is 2.12. The van der Waals surface area contributed by atoms with E-state index in [-0.39, 0.29) is 11.7 Å². The van der Waals surface area contributed by atoms with Gasteiger partial charge in [-0.3, -0.25) is 0 Å². The van der Waals surface area contributed by atoms with E-state index in [0.717, 1.165) is 18.8 Å². The number of hydrogen-bond donors (Lipinski definition) is 0. The van der Waals surface area contributed by atoms with Gasteiger partial charge in [0.25, 0.3) is 0 Å². The molecule has 0 saturated carbocycles. The molecule has 2 nitrogen and oxygen atoms in total. The Morgan fingerprint density at radius 2 is 2.12 bits per heavy atom. The minimum Gasteiger partial charge on any atom is -0.380 e. The van der Waals surface area contributed by atoms with E-state index in [0.29, 0.717) is 18.8 Å². The molecule has 0 spiro atoms. The lowest BCUT2D eigenvalue weighted by atomic mass is 10.1. The fraction of sp³-hybridized carbons (Fsp3) is 0.538. The highest BCUT2D eigenvalue weighted by atomic mass is 35.5. The molecule has 4 heteroatoms. The van der Waals surface area contributed by atoms with Crippen molar-refractivity contribution in [2.45, 2.75) is 19.7 Å². The predicted octanol–water partition coefficient (Wildman–Crippen LogP) is 3.43. The second-order valence-corrected chi connectivity index (χ2v) is 3.91. The van der Waals surface area contributed by atoms with Crippen molar-refractivity contribution in [3.63, 3.8) is 0 Å². The predicted molar refractivity (Wildman–Crippen MR) is 70.3 cm³/mol. The highest BCUT2D eigenvalue weighted by molar-refractivity contribution is 6.17. The first-order chi connectivity index (χ1) is 8.24. The van der Waals surface area contributed by atoms with Gasteiger partial charge in [-0.25, -0.2) is 4.39 Å². The number of benzene rings is 1. The number of alkyl halides is 1. The van der Waals surface area contributed by atoms with Gasteiger partial charge in [-0.2, -0.15) is 0 Å². The van der Waals surface area contributed by atoms with Crippen molar-refractivity contribution >= 4 is 17.3 Å². The molecule has 0 N–H and O–H groups in total. The van der Waals surface area contributed by atoms with Crippen molar-refractivity contribution in [1.29, 1.82) is 0 Å². The van der Waals surface area contributed by atoms with Gasteiger partial charge < -0.3 is 9.64 Å². The van der Waals surface area contributed by atoms with Gasteiger partial charge in [0, 0.05) is 30.9 Å². The maximum atomic E-state index is 13.6. The van der Waals surface area contributed by atoms with Crippen LogP contribution in [0, 0.1) is 5.82 Å². The maximum Gasteiger partial charge on any atom is 0.129 e. The molecule has 17 heavy (non-hydrogen) atoms. The standard InChI is InChI=1S/C13H19ClFNO/c1-3-16(8-9-17-4-2)13-7-5-6-12(15)11(13)10-14/h5-7H,3-4,8-10H2,1-2H3. The van der Waals surface area contributed by atoms with Crippen LogP contribution in [0.4, 0.5) is 10.1 Å². The Morgan fingerprint density at radius 3 is 2.71 bits per heavy atom. The summed E-state index contributed by atoms with van der Waals surface area (Å²) >= 11 is 5.80. The first kappa shape index (κ1) is 14.3. The molecule has 0 bridgehead atoms. The van der Waals surface area contributed by atoms with Gasteiger partial charge in [-0.15, -0.1) is 11.6 Å². The molecule has 0 atom stereocenters. The smallest absolute Gasteiger partial charge is 0.129 e. The van der Waals surface area contributed by atoms with Crippen LogP contribution in [0.3, 0.4) is 0 Å². The average molecular weight is 260 g/mol. The van der Waals surface area contributed by atoms with Crippen molar-refractivity contribution in [1.82, 2.24) is 0 Å². The molecule has 0 fully saturated rings. The Kier molecular flexibility index (Phi) is 6.30. The van der Waals surface area contributed by atoms with Crippen LogP contribution in [0.5, 0.6) is 0 Å². The zero-order valence-corrected chi connectivity index (χ0v) is 11.1. The van der Waals surface area contributed by atoms with Crippen molar-refractivity contribution in [3.8, 4) is 0 Å². The van der Waals surface area contributed by atoms with Crippen LogP contribution in [0.15, 0.2) is 18.2 Å². The second-order valence-electron chi connectivity index (χ2n) is 3.65. The lowest BCUT2D eigenvalue weighted by molar-refractivity contribution is 0.154. The van der Waals surface area contributed by atoms with Crippen molar-refractivity contribution in [3.05, 3.63) is 29.6 Å². The number of nitrogens with zero attached hydrogens (tertiary/aromatic N) is 1. The van der Waals surface area contributed by atoms with Crippen LogP contribution in [0.2, 0.25) is 0 Å². The van der Waals surface area contributed by atoms with Gasteiger partial charge in [0.05, 0.1) is 12.5 Å². The second kappa shape index (κ2) is 7.51. The van der Waals surface area contributed by atoms with Gasteiger partial charge in [0.2, 0.25) is 0 Å². The van der Waals surface area contributed by atoms with Crippen LogP contribution < -0.4 is 4.90 Å². The lowest BCUT2D eigenvalue weighted by Gasteiger charge is -2.25. The third-order valence-electron chi connectivity index (χ3n) is 2.66. The largest absolute Gasteiger partial charge is 0.380 e. The molecule has 0 unspecified atom stereocenters. The number of hydrogen-bond acceptors (Lipinski definition) is 2. The fourth-order valence-electron chi connectivity index (χ4n) is 1.74. The highest BCUT2D eigenvalue weighted by Crippen LogP contribution is 2.24. The summed E-state index contributed by atoms with van der Waals surface area (Å²) in [7, 11) is 0. The minimum atomic E-state index is -0.243. The molecule has 96 valence electrons. The molecule has 0 aliphatic heterocycles. The van der Waals surface area contributed by atoms with Crippen molar-refractivity contribution in [2.75, 3.05) is 31.2 Å². The van der Waals surface area contributed by atoms with E-state index in [1.54, 1.807) is 6.07 Å². The van der Waals surface area contributed by atoms with Gasteiger partial charge >= 0.3 is 0 Å². The summed E-state index contributed by atoms with van der Waals surface area (Å²) in [5.74, 6) is -0.0555. The van der Waals surface area contributed by atoms with Crippen molar-refractivity contribution < 1.29 is 9.13 Å². The molecular weight excluding hydrogens is 241 g/mol. The van der Waals surface area contributed by atoms with E-state index in [9.17, 15) is 4.39 Å². The lowest BCUT2D eigenvalue weighted by Crippen LogP contribution is -2.28. The molecule has 1 aromatic rings. The summed E-state index contributed by atoms with van der Waals surface area (Å²) in [5.41, 5.74) is 1.43. The summed E-state index contributed by atoms with van der Waals surface area (Å²) in [6.07, 6.45) is 0. The van der Waals surface area contributed by atoms with Crippen LogP contribution in [-0.4, -0.2) is 26.3 Å². The third-order valence-corrected chi connectivity index (χ3v) is 2.93. The van der Waals surface area contributed by atoms with E-state index in [2.05, 4.69) is 4.90 Å². The van der Waals surface area contributed by atoms with Gasteiger partial charge in [0.1, 0.15) is 5.82 Å². The Labute approximate surface area is 107 Å². The molecule has 0 aliphatic carbocycles. The molecule has 0 aliphatic rings. The van der Waals surface area contributed by atoms with Gasteiger partial charge in [0.15, 0.2) is 0 Å². The summed E-state index contributed by atoms with van der Waals surface area (Å²) in [6, 6.07) is 5.05. The van der Waals surface area contributed by atoms with E-state index in [1.807, 2.05) is 19.9 Å². The summed E-state index contributed by atoms with van der Waals surface area (Å²) in [4.78, 5) is 2.08. The Bertz CT molecular complexity index is 346. The minimum absolute atomic E-state index is 0.188. The maximum absolute atomic E-state index is 13.6. The Hall–Kier alpha value is -0.800. The van der Waals surface area contributed by atoms with Crippen molar-refractivity contribution in [2.24, 2.45) is 0 Å². The Morgan fingerprint density at radius 1 is 1.35 bits per heavy atom. The quantitative estimate of drug-likeness (QED) is 0.550. The van der Waals surface area contributed by atoms with Gasteiger partial charge in [-0.05, 0) is 26.0 Å². The van der Waals surface area contributed by atoms with E-state index in [4.69, 9.17) is 16.3 Å². The molecule has 0 amide bonds. The number of ether oxygens (including phenoxy) is 1. The molecular formula is C13H19ClFNO. The van der Waals surface area contributed by atoms with Crippen LogP contribution >= 0.6 is 11.6 Å². The average Bonchev–Trinajstić information content (AvgIpc) is 2.34. The molecule has 0 radical (unpaired) electrons. The number of halogens is 2. The molecule has 1 rings (SSSR count). The van der Waals surface area contributed by atoms with Crippen LogP contribution in [0.1, 0.15) is 19.4 Å².